The fraction of sp³-hybridized carbons (Fsp3) is 0.750. The third-order valence-corrected chi connectivity index (χ3v) is 4.58. The van der Waals surface area contributed by atoms with Crippen LogP contribution < -0.4 is 0 Å². The first-order valence-electron chi connectivity index (χ1n) is 6.06. The molecule has 0 aliphatic heterocycles. The maximum Gasteiger partial charge on any atom is 0.0766 e. The minimum atomic E-state index is -0.273. The van der Waals surface area contributed by atoms with Gasteiger partial charge in [-0.3, -0.25) is 4.68 Å². The minimum absolute atomic E-state index is 0.273. The van der Waals surface area contributed by atoms with Crippen LogP contribution in [0.15, 0.2) is 4.47 Å². The highest BCUT2D eigenvalue weighted by atomic mass is 79.9. The smallest absolute Gasteiger partial charge is 0.0766 e. The average Bonchev–Trinajstić information content (AvgIpc) is 2.57. The molecule has 0 saturated carbocycles. The number of aliphatic hydroxyl groups excluding tert-OH is 1. The molecule has 17 heavy (non-hydrogen) atoms. The molecule has 3 nitrogen and oxygen atoms in total. The Morgan fingerprint density at radius 2 is 2.18 bits per heavy atom. The molecule has 1 N–H and O–H groups in total. The molecule has 0 radical (unpaired) electrons. The quantitative estimate of drug-likeness (QED) is 0.785. The van der Waals surface area contributed by atoms with Crippen LogP contribution in [0.2, 0.25) is 0 Å². The second-order valence-electron chi connectivity index (χ2n) is 4.03. The number of aryl methyl sites for hydroxylation is 2. The van der Waals surface area contributed by atoms with Gasteiger partial charge in [0.1, 0.15) is 0 Å². The molecule has 0 fully saturated rings. The van der Waals surface area contributed by atoms with Crippen molar-refractivity contribution < 1.29 is 5.11 Å². The number of halogens is 1. The summed E-state index contributed by atoms with van der Waals surface area (Å²) >= 11 is 5.44. The van der Waals surface area contributed by atoms with Crippen LogP contribution in [0.5, 0.6) is 0 Å². The molecule has 0 saturated heterocycles. The summed E-state index contributed by atoms with van der Waals surface area (Å²) < 4.78 is 2.93. The summed E-state index contributed by atoms with van der Waals surface area (Å²) in [6.45, 7) is 4.23. The van der Waals surface area contributed by atoms with Crippen LogP contribution in [0.3, 0.4) is 0 Å². The van der Waals surface area contributed by atoms with Crippen molar-refractivity contribution in [2.45, 2.75) is 39.2 Å². The normalized spacial score (nSPS) is 13.0. The van der Waals surface area contributed by atoms with E-state index in [0.717, 1.165) is 40.2 Å². The third kappa shape index (κ3) is 4.30. The fourth-order valence-corrected chi connectivity index (χ4v) is 3.24. The molecule has 1 heterocycles. The third-order valence-electron chi connectivity index (χ3n) is 2.73. The zero-order chi connectivity index (χ0) is 12.8. The predicted octanol–water partition coefficient (Wildman–Crippen LogP) is 2.79. The number of rotatable bonds is 7. The van der Waals surface area contributed by atoms with E-state index in [1.807, 2.05) is 23.5 Å². The van der Waals surface area contributed by atoms with Crippen LogP contribution in [0.1, 0.15) is 31.7 Å². The fourth-order valence-electron chi connectivity index (χ4n) is 1.73. The average molecular weight is 321 g/mol. The molecular weight excluding hydrogens is 300 g/mol. The van der Waals surface area contributed by atoms with Crippen molar-refractivity contribution in [1.29, 1.82) is 0 Å². The van der Waals surface area contributed by atoms with E-state index in [9.17, 15) is 5.11 Å². The Morgan fingerprint density at radius 3 is 2.71 bits per heavy atom. The van der Waals surface area contributed by atoms with Gasteiger partial charge in [-0.05, 0) is 40.3 Å². The van der Waals surface area contributed by atoms with Gasteiger partial charge in [-0.15, -0.1) is 0 Å². The van der Waals surface area contributed by atoms with Gasteiger partial charge in [-0.2, -0.15) is 16.9 Å². The van der Waals surface area contributed by atoms with Gasteiger partial charge < -0.3 is 5.11 Å². The highest BCUT2D eigenvalue weighted by Crippen LogP contribution is 2.23. The highest BCUT2D eigenvalue weighted by molar-refractivity contribution is 9.10. The molecule has 0 aromatic carbocycles. The maximum atomic E-state index is 9.98. The van der Waals surface area contributed by atoms with Gasteiger partial charge in [-0.25, -0.2) is 0 Å². The number of thioether (sulfide) groups is 1. The van der Waals surface area contributed by atoms with Crippen molar-refractivity contribution in [2.75, 3.05) is 11.5 Å². The number of nitrogens with zero attached hydrogens (tertiary/aromatic N) is 2. The summed E-state index contributed by atoms with van der Waals surface area (Å²) in [6.07, 6.45) is 2.16. The van der Waals surface area contributed by atoms with Gasteiger partial charge in [0, 0.05) is 13.5 Å². The molecule has 0 aliphatic rings. The summed E-state index contributed by atoms with van der Waals surface area (Å²) in [4.78, 5) is 0. The lowest BCUT2D eigenvalue weighted by Gasteiger charge is -2.10. The topological polar surface area (TPSA) is 38.1 Å². The molecule has 1 aromatic rings. The van der Waals surface area contributed by atoms with Crippen LogP contribution in [-0.2, 0) is 19.9 Å². The summed E-state index contributed by atoms with van der Waals surface area (Å²) in [7, 11) is 1.94. The molecular formula is C12H21BrN2OS. The van der Waals surface area contributed by atoms with Crippen LogP contribution in [0, 0.1) is 0 Å². The van der Waals surface area contributed by atoms with Crippen LogP contribution in [0.4, 0.5) is 0 Å². The molecule has 0 spiro atoms. The summed E-state index contributed by atoms with van der Waals surface area (Å²) in [5.41, 5.74) is 2.16. The standard InChI is InChI=1S/C12H21BrN2OS/c1-4-10-12(13)11(15(3)14-10)8-9(16)6-7-17-5-2/h9,16H,4-8H2,1-3H3. The van der Waals surface area contributed by atoms with Gasteiger partial charge in [0.25, 0.3) is 0 Å². The zero-order valence-corrected chi connectivity index (χ0v) is 13.1. The lowest BCUT2D eigenvalue weighted by atomic mass is 10.1. The molecule has 0 amide bonds. The van der Waals surface area contributed by atoms with Crippen LogP contribution in [-0.4, -0.2) is 32.5 Å². The van der Waals surface area contributed by atoms with E-state index in [-0.39, 0.29) is 6.10 Å². The predicted molar refractivity (Wildman–Crippen MR) is 77.6 cm³/mol. The van der Waals surface area contributed by atoms with Gasteiger partial charge in [0.05, 0.1) is 22.0 Å². The van der Waals surface area contributed by atoms with E-state index >= 15 is 0 Å². The maximum absolute atomic E-state index is 9.98. The largest absolute Gasteiger partial charge is 0.393 e. The Labute approximate surface area is 116 Å². The number of aromatic nitrogens is 2. The van der Waals surface area contributed by atoms with Gasteiger partial charge in [0.2, 0.25) is 0 Å². The van der Waals surface area contributed by atoms with Crippen molar-refractivity contribution in [3.05, 3.63) is 15.9 Å². The SMILES string of the molecule is CCSCCC(O)Cc1c(Br)c(CC)nn1C. The highest BCUT2D eigenvalue weighted by Gasteiger charge is 2.15. The first-order valence-corrected chi connectivity index (χ1v) is 8.00. The zero-order valence-electron chi connectivity index (χ0n) is 10.7. The van der Waals surface area contributed by atoms with Gasteiger partial charge in [0.15, 0.2) is 0 Å². The Hall–Kier alpha value is 0. The first kappa shape index (κ1) is 15.1. The van der Waals surface area contributed by atoms with Crippen molar-refractivity contribution in [3.63, 3.8) is 0 Å². The van der Waals surface area contributed by atoms with E-state index < -0.39 is 0 Å². The van der Waals surface area contributed by atoms with E-state index in [4.69, 9.17) is 0 Å². The Morgan fingerprint density at radius 1 is 1.47 bits per heavy atom. The van der Waals surface area contributed by atoms with Crippen molar-refractivity contribution in [2.24, 2.45) is 7.05 Å². The lowest BCUT2D eigenvalue weighted by molar-refractivity contribution is 0.169. The van der Waals surface area contributed by atoms with E-state index in [2.05, 4.69) is 34.9 Å². The summed E-state index contributed by atoms with van der Waals surface area (Å²) in [5, 5.41) is 14.4. The van der Waals surface area contributed by atoms with E-state index in [1.54, 1.807) is 0 Å². The van der Waals surface area contributed by atoms with Gasteiger partial charge >= 0.3 is 0 Å². The number of hydrogen-bond acceptors (Lipinski definition) is 3. The molecule has 1 unspecified atom stereocenters. The molecule has 1 atom stereocenters. The molecule has 1 aromatic heterocycles. The van der Waals surface area contributed by atoms with Crippen LogP contribution in [0.25, 0.3) is 0 Å². The Kier molecular flexibility index (Phi) is 6.59. The summed E-state index contributed by atoms with van der Waals surface area (Å²) in [5.74, 6) is 2.13. The molecule has 0 aliphatic carbocycles. The van der Waals surface area contributed by atoms with E-state index in [1.165, 1.54) is 0 Å². The van der Waals surface area contributed by atoms with Crippen molar-refractivity contribution in [1.82, 2.24) is 9.78 Å². The summed E-state index contributed by atoms with van der Waals surface area (Å²) in [6, 6.07) is 0. The second-order valence-corrected chi connectivity index (χ2v) is 6.21. The molecule has 5 heteroatoms. The minimum Gasteiger partial charge on any atom is -0.393 e. The number of aliphatic hydroxyl groups is 1. The molecule has 1 rings (SSSR count). The lowest BCUT2D eigenvalue weighted by Crippen LogP contribution is -2.14. The van der Waals surface area contributed by atoms with Crippen molar-refractivity contribution >= 4 is 27.7 Å². The van der Waals surface area contributed by atoms with E-state index in [0.29, 0.717) is 6.42 Å². The Bertz CT molecular complexity index is 355. The number of hydrogen-bond donors (Lipinski definition) is 1. The van der Waals surface area contributed by atoms with Crippen molar-refractivity contribution in [3.8, 4) is 0 Å². The van der Waals surface area contributed by atoms with Gasteiger partial charge in [-0.1, -0.05) is 13.8 Å². The first-order chi connectivity index (χ1) is 8.10. The molecule has 98 valence electrons. The Balaban J connectivity index is 2.58. The monoisotopic (exact) mass is 320 g/mol. The molecule has 0 bridgehead atoms. The van der Waals surface area contributed by atoms with Crippen LogP contribution >= 0.6 is 27.7 Å². The second kappa shape index (κ2) is 7.44.